The quantitative estimate of drug-likeness (QED) is 0.810. The lowest BCUT2D eigenvalue weighted by atomic mass is 10.1. The number of benzene rings is 1. The fraction of sp³-hybridized carbons (Fsp3) is 0.412. The Hall–Kier alpha value is -1.85. The molecule has 5 nitrogen and oxygen atoms in total. The molecule has 0 aromatic heterocycles. The number of likely N-dealkylation sites (N-methyl/N-ethyl adjacent to an activating group) is 1. The molecule has 1 aliphatic rings. The highest BCUT2D eigenvalue weighted by atomic mass is 35.5. The Bertz CT molecular complexity index is 605. The largest absolute Gasteiger partial charge is 0.351 e. The van der Waals surface area contributed by atoms with Crippen LogP contribution in [0.3, 0.4) is 0 Å². The van der Waals surface area contributed by atoms with E-state index in [9.17, 15) is 9.59 Å². The number of carbonyl (C=O) groups is 2. The number of carbonyl (C=O) groups excluding carboxylic acids is 2. The van der Waals surface area contributed by atoms with Crippen LogP contribution in [0.1, 0.15) is 13.3 Å². The second kappa shape index (κ2) is 7.62. The Morgan fingerprint density at radius 2 is 2.26 bits per heavy atom. The minimum Gasteiger partial charge on any atom is -0.351 e. The van der Waals surface area contributed by atoms with Gasteiger partial charge < -0.3 is 10.2 Å². The van der Waals surface area contributed by atoms with Crippen LogP contribution in [0.4, 0.5) is 5.69 Å². The zero-order valence-electron chi connectivity index (χ0n) is 13.5. The lowest BCUT2D eigenvalue weighted by Gasteiger charge is -2.28. The van der Waals surface area contributed by atoms with Crippen LogP contribution in [0.25, 0.3) is 0 Å². The van der Waals surface area contributed by atoms with Crippen molar-refractivity contribution in [3.05, 3.63) is 41.9 Å². The van der Waals surface area contributed by atoms with Crippen LogP contribution >= 0.6 is 11.6 Å². The zero-order chi connectivity index (χ0) is 17.0. The average molecular weight is 336 g/mol. The summed E-state index contributed by atoms with van der Waals surface area (Å²) >= 11 is 6.19. The summed E-state index contributed by atoms with van der Waals surface area (Å²) < 4.78 is 0. The summed E-state index contributed by atoms with van der Waals surface area (Å²) in [5.74, 6) is -0.139. The van der Waals surface area contributed by atoms with Gasteiger partial charge in [0.15, 0.2) is 0 Å². The Balaban J connectivity index is 2.08. The maximum Gasteiger partial charge on any atom is 0.244 e. The summed E-state index contributed by atoms with van der Waals surface area (Å²) in [5, 5.41) is 3.32. The second-order valence-corrected chi connectivity index (χ2v) is 6.03. The normalized spacial score (nSPS) is 19.0. The van der Waals surface area contributed by atoms with Crippen molar-refractivity contribution in [3.8, 4) is 0 Å². The van der Waals surface area contributed by atoms with Crippen molar-refractivity contribution in [2.24, 2.45) is 0 Å². The molecule has 2 rings (SSSR count). The molecule has 2 amide bonds. The van der Waals surface area contributed by atoms with E-state index in [1.807, 2.05) is 23.1 Å². The van der Waals surface area contributed by atoms with Crippen molar-refractivity contribution in [2.45, 2.75) is 25.4 Å². The first-order valence-electron chi connectivity index (χ1n) is 7.63. The number of nitrogens with one attached hydrogen (secondary N) is 1. The van der Waals surface area contributed by atoms with E-state index in [-0.39, 0.29) is 17.9 Å². The maximum absolute atomic E-state index is 12.7. The smallest absolute Gasteiger partial charge is 0.244 e. The van der Waals surface area contributed by atoms with E-state index in [1.54, 1.807) is 31.0 Å². The first-order chi connectivity index (χ1) is 11.0. The molecule has 0 spiro atoms. The zero-order valence-corrected chi connectivity index (χ0v) is 14.2. The van der Waals surface area contributed by atoms with Crippen LogP contribution in [0.2, 0.25) is 5.02 Å². The number of rotatable bonds is 6. The van der Waals surface area contributed by atoms with Crippen molar-refractivity contribution in [2.75, 3.05) is 25.0 Å². The van der Waals surface area contributed by atoms with Crippen molar-refractivity contribution < 1.29 is 9.59 Å². The van der Waals surface area contributed by atoms with Crippen molar-refractivity contribution >= 4 is 29.1 Å². The van der Waals surface area contributed by atoms with E-state index in [1.165, 1.54) is 0 Å². The number of anilines is 1. The van der Waals surface area contributed by atoms with E-state index in [0.29, 0.717) is 24.5 Å². The molecule has 0 unspecified atom stereocenters. The van der Waals surface area contributed by atoms with E-state index in [4.69, 9.17) is 11.6 Å². The van der Waals surface area contributed by atoms with E-state index in [2.05, 4.69) is 11.9 Å². The second-order valence-electron chi connectivity index (χ2n) is 5.62. The maximum atomic E-state index is 12.7. The topological polar surface area (TPSA) is 52.7 Å². The molecule has 2 atom stereocenters. The summed E-state index contributed by atoms with van der Waals surface area (Å²) in [6, 6.07) is 6.58. The van der Waals surface area contributed by atoms with Crippen molar-refractivity contribution in [1.29, 1.82) is 0 Å². The first kappa shape index (κ1) is 17.5. The predicted molar refractivity (Wildman–Crippen MR) is 92.6 cm³/mol. The number of hydrogen-bond acceptors (Lipinski definition) is 3. The molecule has 0 bridgehead atoms. The van der Waals surface area contributed by atoms with Gasteiger partial charge in [0.05, 0.1) is 22.8 Å². The lowest BCUT2D eigenvalue weighted by Crippen LogP contribution is -2.50. The summed E-state index contributed by atoms with van der Waals surface area (Å²) in [6.45, 7) is 6.39. The van der Waals surface area contributed by atoms with Gasteiger partial charge in [0.1, 0.15) is 0 Å². The predicted octanol–water partition coefficient (Wildman–Crippen LogP) is 2.07. The van der Waals surface area contributed by atoms with E-state index >= 15 is 0 Å². The molecular formula is C17H22ClN3O2. The highest BCUT2D eigenvalue weighted by Crippen LogP contribution is 2.30. The Morgan fingerprint density at radius 3 is 2.91 bits per heavy atom. The fourth-order valence-corrected chi connectivity index (χ4v) is 2.97. The van der Waals surface area contributed by atoms with Gasteiger partial charge in [-0.2, -0.15) is 0 Å². The van der Waals surface area contributed by atoms with Gasteiger partial charge in [-0.3, -0.25) is 14.5 Å². The number of hydrogen-bond donors (Lipinski definition) is 1. The molecule has 23 heavy (non-hydrogen) atoms. The van der Waals surface area contributed by atoms with E-state index < -0.39 is 6.04 Å². The minimum absolute atomic E-state index is 0.0241. The van der Waals surface area contributed by atoms with Crippen LogP contribution < -0.4 is 10.2 Å². The molecule has 1 fully saturated rings. The van der Waals surface area contributed by atoms with Gasteiger partial charge >= 0.3 is 0 Å². The summed E-state index contributed by atoms with van der Waals surface area (Å²) in [6.07, 6.45) is 2.30. The molecule has 1 heterocycles. The summed E-state index contributed by atoms with van der Waals surface area (Å²) in [5.41, 5.74) is 0.721. The Morgan fingerprint density at radius 1 is 1.57 bits per heavy atom. The van der Waals surface area contributed by atoms with Gasteiger partial charge in [0.2, 0.25) is 11.8 Å². The number of nitrogens with zero attached hydrogens (tertiary/aromatic N) is 2. The average Bonchev–Trinajstić information content (AvgIpc) is 2.93. The molecule has 1 aromatic rings. The van der Waals surface area contributed by atoms with Gasteiger partial charge in [0, 0.05) is 13.1 Å². The van der Waals surface area contributed by atoms with Crippen LogP contribution in [0.5, 0.6) is 0 Å². The van der Waals surface area contributed by atoms with Gasteiger partial charge in [-0.05, 0) is 32.5 Å². The standard InChI is InChI=1S/C17H22ClN3O2/c1-4-10-19-16(22)12(2)20(3)15-9-11-21(17(15)23)14-8-6-5-7-13(14)18/h4-8,12,15H,1,9-11H2,2-3H3,(H,19,22)/t12-,15+/m1/s1. The van der Waals surface area contributed by atoms with E-state index in [0.717, 1.165) is 5.69 Å². The highest BCUT2D eigenvalue weighted by Gasteiger charge is 2.38. The summed E-state index contributed by atoms with van der Waals surface area (Å²) in [4.78, 5) is 28.3. The molecular weight excluding hydrogens is 314 g/mol. The van der Waals surface area contributed by atoms with Crippen LogP contribution in [-0.2, 0) is 9.59 Å². The fourth-order valence-electron chi connectivity index (χ4n) is 2.73. The van der Waals surface area contributed by atoms with Crippen molar-refractivity contribution in [1.82, 2.24) is 10.2 Å². The summed E-state index contributed by atoms with van der Waals surface area (Å²) in [7, 11) is 1.80. The van der Waals surface area contributed by atoms with Gasteiger partial charge in [-0.25, -0.2) is 0 Å². The third-order valence-electron chi connectivity index (χ3n) is 4.22. The molecule has 124 valence electrons. The molecule has 1 aliphatic heterocycles. The molecule has 0 saturated carbocycles. The molecule has 0 radical (unpaired) electrons. The third-order valence-corrected chi connectivity index (χ3v) is 4.54. The highest BCUT2D eigenvalue weighted by molar-refractivity contribution is 6.33. The molecule has 6 heteroatoms. The first-order valence-corrected chi connectivity index (χ1v) is 8.01. The van der Waals surface area contributed by atoms with Gasteiger partial charge in [0.25, 0.3) is 0 Å². The molecule has 1 aromatic carbocycles. The Kier molecular flexibility index (Phi) is 5.80. The third kappa shape index (κ3) is 3.74. The molecule has 1 N–H and O–H groups in total. The number of para-hydroxylation sites is 1. The molecule has 0 aliphatic carbocycles. The lowest BCUT2D eigenvalue weighted by molar-refractivity contribution is -0.128. The minimum atomic E-state index is -0.393. The number of amides is 2. The van der Waals surface area contributed by atoms with Crippen LogP contribution in [-0.4, -0.2) is 48.9 Å². The van der Waals surface area contributed by atoms with Crippen LogP contribution in [0.15, 0.2) is 36.9 Å². The number of halogens is 1. The SMILES string of the molecule is C=CCNC(=O)[C@@H](C)N(C)[C@H]1CCN(c2ccccc2Cl)C1=O. The monoisotopic (exact) mass is 335 g/mol. The Labute approximate surface area is 141 Å². The molecule has 1 saturated heterocycles. The van der Waals surface area contributed by atoms with Gasteiger partial charge in [-0.1, -0.05) is 29.8 Å². The van der Waals surface area contributed by atoms with Crippen LogP contribution in [0, 0.1) is 0 Å². The van der Waals surface area contributed by atoms with Gasteiger partial charge in [-0.15, -0.1) is 6.58 Å². The van der Waals surface area contributed by atoms with Crippen molar-refractivity contribution in [3.63, 3.8) is 0 Å².